The third-order valence-corrected chi connectivity index (χ3v) is 4.85. The van der Waals surface area contributed by atoms with E-state index in [0.717, 1.165) is 13.1 Å². The molecule has 1 aromatic rings. The topological polar surface area (TPSA) is 29.9 Å². The van der Waals surface area contributed by atoms with Crippen LogP contribution in [0.4, 0.5) is 0 Å². The molecule has 2 unspecified atom stereocenters. The van der Waals surface area contributed by atoms with Gasteiger partial charge < -0.3 is 9.88 Å². The summed E-state index contributed by atoms with van der Waals surface area (Å²) in [6.07, 6.45) is 7.98. The summed E-state index contributed by atoms with van der Waals surface area (Å²) in [5.41, 5.74) is 0.630. The van der Waals surface area contributed by atoms with Gasteiger partial charge in [-0.2, -0.15) is 0 Å². The molecule has 2 rings (SSSR count). The van der Waals surface area contributed by atoms with Crippen molar-refractivity contribution in [3.8, 4) is 0 Å². The molecule has 120 valence electrons. The van der Waals surface area contributed by atoms with E-state index < -0.39 is 0 Å². The van der Waals surface area contributed by atoms with Crippen LogP contribution < -0.4 is 5.32 Å². The number of imidazole rings is 1. The first-order chi connectivity index (χ1) is 9.72. The van der Waals surface area contributed by atoms with Gasteiger partial charge in [0, 0.05) is 30.4 Å². The highest BCUT2D eigenvalue weighted by Gasteiger charge is 2.37. The first-order valence-corrected chi connectivity index (χ1v) is 8.48. The quantitative estimate of drug-likeness (QED) is 0.901. The summed E-state index contributed by atoms with van der Waals surface area (Å²) in [7, 11) is 0. The Kier molecular flexibility index (Phi) is 4.82. The Labute approximate surface area is 130 Å². The van der Waals surface area contributed by atoms with Crippen LogP contribution in [-0.4, -0.2) is 21.6 Å². The zero-order valence-corrected chi connectivity index (χ0v) is 14.7. The fourth-order valence-corrected chi connectivity index (χ4v) is 3.54. The van der Waals surface area contributed by atoms with Crippen molar-refractivity contribution in [1.82, 2.24) is 14.9 Å². The molecule has 2 atom stereocenters. The lowest BCUT2D eigenvalue weighted by atomic mass is 9.66. The summed E-state index contributed by atoms with van der Waals surface area (Å²) in [5.74, 6) is 2.58. The molecular weight excluding hydrogens is 258 g/mol. The molecule has 1 fully saturated rings. The zero-order chi connectivity index (χ0) is 15.7. The molecule has 1 aliphatic carbocycles. The van der Waals surface area contributed by atoms with Gasteiger partial charge in [-0.1, -0.05) is 13.8 Å². The average molecular weight is 291 g/mol. The summed E-state index contributed by atoms with van der Waals surface area (Å²) in [6.45, 7) is 15.9. The van der Waals surface area contributed by atoms with Crippen molar-refractivity contribution in [1.29, 1.82) is 0 Å². The number of hydrogen-bond acceptors (Lipinski definition) is 2. The first kappa shape index (κ1) is 16.5. The monoisotopic (exact) mass is 291 g/mol. The average Bonchev–Trinajstić information content (AvgIpc) is 2.83. The highest BCUT2D eigenvalue weighted by atomic mass is 15.1. The Morgan fingerprint density at radius 3 is 2.71 bits per heavy atom. The maximum atomic E-state index is 4.71. The largest absolute Gasteiger partial charge is 0.335 e. The third kappa shape index (κ3) is 4.32. The Morgan fingerprint density at radius 1 is 1.38 bits per heavy atom. The number of rotatable bonds is 4. The third-order valence-electron chi connectivity index (χ3n) is 4.85. The molecule has 1 heterocycles. The fraction of sp³-hybridized carbons (Fsp3) is 0.833. The maximum absolute atomic E-state index is 4.71. The Morgan fingerprint density at radius 2 is 2.10 bits per heavy atom. The molecule has 0 spiro atoms. The SMILES string of the molecule is CCn1ccnc1C1CC(C)(C)CCC1CNC(C)(C)C. The second kappa shape index (κ2) is 6.12. The van der Waals surface area contributed by atoms with Crippen LogP contribution in [0.3, 0.4) is 0 Å². The lowest BCUT2D eigenvalue weighted by Gasteiger charge is -2.41. The van der Waals surface area contributed by atoms with Crippen LogP contribution in [0.5, 0.6) is 0 Å². The molecule has 0 amide bonds. The van der Waals surface area contributed by atoms with Crippen molar-refractivity contribution in [2.45, 2.75) is 78.8 Å². The number of nitrogens with zero attached hydrogens (tertiary/aromatic N) is 2. The number of aromatic nitrogens is 2. The second-order valence-electron chi connectivity index (χ2n) is 8.48. The van der Waals surface area contributed by atoms with Crippen molar-refractivity contribution in [3.63, 3.8) is 0 Å². The standard InChI is InChI=1S/C18H33N3/c1-7-21-11-10-19-16(21)15-12-18(5,6)9-8-14(15)13-20-17(2,3)4/h10-11,14-15,20H,7-9,12-13H2,1-6H3. The maximum Gasteiger partial charge on any atom is 0.112 e. The van der Waals surface area contributed by atoms with E-state index in [1.54, 1.807) is 0 Å². The van der Waals surface area contributed by atoms with Crippen molar-refractivity contribution >= 4 is 0 Å². The second-order valence-corrected chi connectivity index (χ2v) is 8.48. The van der Waals surface area contributed by atoms with Gasteiger partial charge in [-0.05, 0) is 64.8 Å². The number of aryl methyl sites for hydroxylation is 1. The van der Waals surface area contributed by atoms with E-state index in [1.165, 1.54) is 25.1 Å². The molecule has 1 N–H and O–H groups in total. The van der Waals surface area contributed by atoms with Gasteiger partial charge >= 0.3 is 0 Å². The summed E-state index contributed by atoms with van der Waals surface area (Å²) in [6, 6.07) is 0. The number of hydrogen-bond donors (Lipinski definition) is 1. The Balaban J connectivity index is 2.18. The molecule has 0 aliphatic heterocycles. The predicted octanol–water partition coefficient (Wildman–Crippen LogP) is 4.20. The minimum Gasteiger partial charge on any atom is -0.335 e. The highest BCUT2D eigenvalue weighted by Crippen LogP contribution is 2.46. The van der Waals surface area contributed by atoms with Crippen LogP contribution in [0.2, 0.25) is 0 Å². The highest BCUT2D eigenvalue weighted by molar-refractivity contribution is 5.07. The molecule has 1 aliphatic rings. The van der Waals surface area contributed by atoms with Gasteiger partial charge in [0.25, 0.3) is 0 Å². The van der Waals surface area contributed by atoms with Crippen molar-refractivity contribution in [3.05, 3.63) is 18.2 Å². The minimum atomic E-state index is 0.192. The van der Waals surface area contributed by atoms with E-state index in [4.69, 9.17) is 4.98 Å². The lowest BCUT2D eigenvalue weighted by molar-refractivity contribution is 0.147. The van der Waals surface area contributed by atoms with Crippen LogP contribution in [-0.2, 0) is 6.54 Å². The van der Waals surface area contributed by atoms with E-state index >= 15 is 0 Å². The van der Waals surface area contributed by atoms with Gasteiger partial charge in [-0.15, -0.1) is 0 Å². The molecule has 1 aromatic heterocycles. The number of nitrogens with one attached hydrogen (secondary N) is 1. The van der Waals surface area contributed by atoms with Crippen LogP contribution in [0.1, 0.15) is 72.5 Å². The first-order valence-electron chi connectivity index (χ1n) is 8.48. The van der Waals surface area contributed by atoms with Crippen LogP contribution in [0.25, 0.3) is 0 Å². The molecule has 21 heavy (non-hydrogen) atoms. The van der Waals surface area contributed by atoms with E-state index in [-0.39, 0.29) is 5.54 Å². The molecule has 0 aromatic carbocycles. The predicted molar refractivity (Wildman–Crippen MR) is 89.5 cm³/mol. The molecule has 0 saturated heterocycles. The van der Waals surface area contributed by atoms with Gasteiger partial charge in [0.15, 0.2) is 0 Å². The van der Waals surface area contributed by atoms with Crippen molar-refractivity contribution in [2.24, 2.45) is 11.3 Å². The van der Waals surface area contributed by atoms with Gasteiger partial charge in [0.1, 0.15) is 5.82 Å². The summed E-state index contributed by atoms with van der Waals surface area (Å²) in [4.78, 5) is 4.71. The summed E-state index contributed by atoms with van der Waals surface area (Å²) in [5, 5.41) is 3.71. The zero-order valence-electron chi connectivity index (χ0n) is 14.7. The van der Waals surface area contributed by atoms with Gasteiger partial charge in [-0.25, -0.2) is 4.98 Å². The molecule has 0 bridgehead atoms. The fourth-order valence-electron chi connectivity index (χ4n) is 3.54. The van der Waals surface area contributed by atoms with Gasteiger partial charge in [0.05, 0.1) is 0 Å². The van der Waals surface area contributed by atoms with Crippen LogP contribution in [0.15, 0.2) is 12.4 Å². The Hall–Kier alpha value is -0.830. The van der Waals surface area contributed by atoms with E-state index in [9.17, 15) is 0 Å². The van der Waals surface area contributed by atoms with Crippen molar-refractivity contribution < 1.29 is 0 Å². The molecule has 3 heteroatoms. The molecular formula is C18H33N3. The van der Waals surface area contributed by atoms with Gasteiger partial charge in [-0.3, -0.25) is 0 Å². The molecule has 3 nitrogen and oxygen atoms in total. The van der Waals surface area contributed by atoms with E-state index in [1.807, 2.05) is 6.20 Å². The molecule has 1 saturated carbocycles. The van der Waals surface area contributed by atoms with Gasteiger partial charge in [0.2, 0.25) is 0 Å². The smallest absolute Gasteiger partial charge is 0.112 e. The Bertz CT molecular complexity index is 453. The van der Waals surface area contributed by atoms with Crippen LogP contribution in [0, 0.1) is 11.3 Å². The summed E-state index contributed by atoms with van der Waals surface area (Å²) < 4.78 is 2.33. The lowest BCUT2D eigenvalue weighted by Crippen LogP contribution is -2.43. The summed E-state index contributed by atoms with van der Waals surface area (Å²) >= 11 is 0. The van der Waals surface area contributed by atoms with Crippen LogP contribution >= 0.6 is 0 Å². The minimum absolute atomic E-state index is 0.192. The molecule has 0 radical (unpaired) electrons. The van der Waals surface area contributed by atoms with Crippen molar-refractivity contribution in [2.75, 3.05) is 6.54 Å². The van der Waals surface area contributed by atoms with E-state index in [0.29, 0.717) is 17.3 Å². The normalized spacial score (nSPS) is 26.0. The van der Waals surface area contributed by atoms with E-state index in [2.05, 4.69) is 57.6 Å².